The molecule has 0 spiro atoms. The summed E-state index contributed by atoms with van der Waals surface area (Å²) in [4.78, 5) is 12.0. The Balaban J connectivity index is 0.00000220. The summed E-state index contributed by atoms with van der Waals surface area (Å²) in [5.41, 5.74) is 1.60. The molecule has 0 N–H and O–H groups in total. The summed E-state index contributed by atoms with van der Waals surface area (Å²) in [5, 5.41) is 0. The number of hydrogen-bond donors (Lipinski definition) is 0. The molecule has 21 heavy (non-hydrogen) atoms. The monoisotopic (exact) mass is 533 g/mol. The Kier molecular flexibility index (Phi) is 7.81. The van der Waals surface area contributed by atoms with Gasteiger partial charge < -0.3 is 9.30 Å². The number of pyridine rings is 1. The molecule has 0 unspecified atom stereocenters. The Morgan fingerprint density at radius 1 is 1.52 bits per heavy atom. The SMILES string of the molecule is C=CCOc1ccc(-c2[c-]cc(I)c(=O)n2C)c(Br)c1.[Y]. The number of aromatic nitrogens is 1. The first kappa shape index (κ1) is 19.1. The fourth-order valence-corrected chi connectivity index (χ4v) is 2.81. The van der Waals surface area contributed by atoms with Crippen LogP contribution >= 0.6 is 38.5 Å². The Morgan fingerprint density at radius 3 is 2.86 bits per heavy atom. The largest absolute Gasteiger partial charge is 0.490 e. The second-order valence-electron chi connectivity index (χ2n) is 4.09. The molecule has 0 aliphatic carbocycles. The van der Waals surface area contributed by atoms with E-state index in [2.05, 4.69) is 28.6 Å². The van der Waals surface area contributed by atoms with Crippen LogP contribution in [-0.2, 0) is 39.8 Å². The first-order chi connectivity index (χ1) is 9.54. The summed E-state index contributed by atoms with van der Waals surface area (Å²) in [6.45, 7) is 4.07. The first-order valence-electron chi connectivity index (χ1n) is 5.85. The Bertz CT molecular complexity index is 715. The summed E-state index contributed by atoms with van der Waals surface area (Å²) in [7, 11) is 1.74. The molecule has 1 radical (unpaired) electrons. The summed E-state index contributed by atoms with van der Waals surface area (Å²) >= 11 is 5.52. The Labute approximate surface area is 170 Å². The minimum Gasteiger partial charge on any atom is -0.490 e. The topological polar surface area (TPSA) is 31.2 Å². The van der Waals surface area contributed by atoms with Gasteiger partial charge in [0.15, 0.2) is 0 Å². The van der Waals surface area contributed by atoms with Crippen LogP contribution in [0.5, 0.6) is 5.75 Å². The van der Waals surface area contributed by atoms with Crippen LogP contribution in [0, 0.1) is 9.64 Å². The average molecular weight is 534 g/mol. The van der Waals surface area contributed by atoms with Crippen molar-refractivity contribution in [1.29, 1.82) is 0 Å². The van der Waals surface area contributed by atoms with Gasteiger partial charge in [-0.05, 0) is 20.2 Å². The van der Waals surface area contributed by atoms with E-state index in [1.54, 1.807) is 23.8 Å². The predicted octanol–water partition coefficient (Wildman–Crippen LogP) is 3.78. The van der Waals surface area contributed by atoms with Gasteiger partial charge in [-0.25, -0.2) is 0 Å². The van der Waals surface area contributed by atoms with Crippen LogP contribution in [0.3, 0.4) is 0 Å². The van der Waals surface area contributed by atoms with E-state index in [9.17, 15) is 4.79 Å². The van der Waals surface area contributed by atoms with Crippen molar-refractivity contribution in [2.45, 2.75) is 0 Å². The molecule has 3 nitrogen and oxygen atoms in total. The maximum Gasteiger partial charge on any atom is 0.207 e. The number of hydrogen-bond acceptors (Lipinski definition) is 2. The van der Waals surface area contributed by atoms with E-state index in [0.29, 0.717) is 10.2 Å². The minimum absolute atomic E-state index is 0. The number of halogens is 2. The average Bonchev–Trinajstić information content (AvgIpc) is 2.44. The summed E-state index contributed by atoms with van der Waals surface area (Å²) < 4.78 is 8.56. The number of rotatable bonds is 4. The van der Waals surface area contributed by atoms with E-state index < -0.39 is 0 Å². The zero-order valence-corrected chi connectivity index (χ0v) is 18.0. The predicted molar refractivity (Wildman–Crippen MR) is 92.1 cm³/mol. The zero-order valence-electron chi connectivity index (χ0n) is 11.4. The second kappa shape index (κ2) is 8.60. The van der Waals surface area contributed by atoms with Crippen LogP contribution in [-0.4, -0.2) is 11.2 Å². The number of benzene rings is 1. The van der Waals surface area contributed by atoms with Gasteiger partial charge in [-0.2, -0.15) is 12.1 Å². The molecule has 0 amide bonds. The van der Waals surface area contributed by atoms with Crippen molar-refractivity contribution in [3.05, 3.63) is 61.4 Å². The maximum atomic E-state index is 12.0. The Morgan fingerprint density at radius 2 is 2.24 bits per heavy atom. The van der Waals surface area contributed by atoms with Crippen molar-refractivity contribution < 1.29 is 37.4 Å². The van der Waals surface area contributed by atoms with Gasteiger partial charge in [-0.1, -0.05) is 39.8 Å². The third-order valence-corrected chi connectivity index (χ3v) is 4.17. The van der Waals surface area contributed by atoms with E-state index in [0.717, 1.165) is 21.5 Å². The van der Waals surface area contributed by atoms with Crippen LogP contribution in [0.4, 0.5) is 0 Å². The van der Waals surface area contributed by atoms with Gasteiger partial charge in [0, 0.05) is 39.8 Å². The molecule has 0 aliphatic rings. The zero-order chi connectivity index (χ0) is 14.7. The molecule has 6 heteroatoms. The van der Waals surface area contributed by atoms with Crippen LogP contribution in [0.2, 0.25) is 0 Å². The minimum atomic E-state index is -0.0294. The smallest absolute Gasteiger partial charge is 0.207 e. The van der Waals surface area contributed by atoms with Crippen LogP contribution in [0.25, 0.3) is 11.3 Å². The fraction of sp³-hybridized carbons (Fsp3) is 0.133. The number of ether oxygens (including phenoxy) is 1. The van der Waals surface area contributed by atoms with E-state index >= 15 is 0 Å². The normalized spacial score (nSPS) is 9.86. The van der Waals surface area contributed by atoms with Crippen molar-refractivity contribution in [2.24, 2.45) is 7.05 Å². The molecule has 1 aromatic carbocycles. The molecule has 0 fully saturated rings. The van der Waals surface area contributed by atoms with E-state index in [1.807, 2.05) is 40.8 Å². The van der Waals surface area contributed by atoms with Gasteiger partial charge in [-0.15, -0.1) is 28.7 Å². The standard InChI is InChI=1S/C15H12BrINO2.Y/c1-3-8-20-10-4-5-11(12(16)9-10)14-7-6-13(17)15(19)18(14)2;/h3-6,9H,1,8H2,2H3;/q-1;. The third kappa shape index (κ3) is 4.50. The summed E-state index contributed by atoms with van der Waals surface area (Å²) in [6.07, 6.45) is 1.69. The van der Waals surface area contributed by atoms with Crippen LogP contribution < -0.4 is 10.3 Å². The molecular weight excluding hydrogens is 522 g/mol. The van der Waals surface area contributed by atoms with Crippen molar-refractivity contribution in [1.82, 2.24) is 4.57 Å². The van der Waals surface area contributed by atoms with Crippen molar-refractivity contribution in [3.8, 4) is 17.0 Å². The van der Waals surface area contributed by atoms with Crippen LogP contribution in [0.15, 0.2) is 46.2 Å². The van der Waals surface area contributed by atoms with Crippen LogP contribution in [0.1, 0.15) is 0 Å². The third-order valence-electron chi connectivity index (χ3n) is 2.74. The first-order valence-corrected chi connectivity index (χ1v) is 7.72. The molecule has 1 aromatic heterocycles. The molecule has 2 rings (SSSR count). The van der Waals surface area contributed by atoms with Crippen molar-refractivity contribution in [2.75, 3.05) is 6.61 Å². The quantitative estimate of drug-likeness (QED) is 0.340. The van der Waals surface area contributed by atoms with E-state index in [-0.39, 0.29) is 38.3 Å². The summed E-state index contributed by atoms with van der Waals surface area (Å²) in [6, 6.07) is 10.5. The van der Waals surface area contributed by atoms with Crippen molar-refractivity contribution >= 4 is 38.5 Å². The molecule has 2 aromatic rings. The molecule has 0 saturated carbocycles. The molecule has 0 bridgehead atoms. The van der Waals surface area contributed by atoms with Gasteiger partial charge in [0.05, 0.1) is 0 Å². The molecule has 1 heterocycles. The molecular formula is C15H12BrINO2Y-. The molecule has 0 saturated heterocycles. The molecule has 0 aliphatic heterocycles. The molecule has 0 atom stereocenters. The second-order valence-corrected chi connectivity index (χ2v) is 6.11. The van der Waals surface area contributed by atoms with Gasteiger partial charge >= 0.3 is 0 Å². The van der Waals surface area contributed by atoms with E-state index in [4.69, 9.17) is 4.74 Å². The van der Waals surface area contributed by atoms with Gasteiger partial charge in [0.2, 0.25) is 5.56 Å². The van der Waals surface area contributed by atoms with Gasteiger partial charge in [0.25, 0.3) is 0 Å². The summed E-state index contributed by atoms with van der Waals surface area (Å²) in [5.74, 6) is 0.746. The molecule has 107 valence electrons. The fourth-order valence-electron chi connectivity index (χ4n) is 1.74. The maximum absolute atomic E-state index is 12.0. The van der Waals surface area contributed by atoms with Gasteiger partial charge in [-0.3, -0.25) is 4.79 Å². The Hall–Kier alpha value is 0.0239. The van der Waals surface area contributed by atoms with E-state index in [1.165, 1.54) is 0 Å². The van der Waals surface area contributed by atoms with Gasteiger partial charge in [0.1, 0.15) is 12.4 Å². The number of nitrogens with zero attached hydrogens (tertiary/aromatic N) is 1. The van der Waals surface area contributed by atoms with Crippen molar-refractivity contribution in [3.63, 3.8) is 0 Å².